The highest BCUT2D eigenvalue weighted by Crippen LogP contribution is 2.31. The molecule has 0 aromatic carbocycles. The van der Waals surface area contributed by atoms with Crippen LogP contribution in [0.1, 0.15) is 42.9 Å². The van der Waals surface area contributed by atoms with E-state index in [2.05, 4.69) is 22.2 Å². The van der Waals surface area contributed by atoms with Crippen molar-refractivity contribution in [3.63, 3.8) is 0 Å². The molecule has 0 amide bonds. The van der Waals surface area contributed by atoms with Gasteiger partial charge in [0, 0.05) is 19.1 Å². The number of alkyl halides is 1. The molecule has 19 heavy (non-hydrogen) atoms. The van der Waals surface area contributed by atoms with Crippen molar-refractivity contribution in [1.82, 2.24) is 9.88 Å². The van der Waals surface area contributed by atoms with Crippen LogP contribution in [0, 0.1) is 5.92 Å². The molecule has 2 heterocycles. The minimum atomic E-state index is 0.463. The molecule has 1 unspecified atom stereocenters. The lowest BCUT2D eigenvalue weighted by Crippen LogP contribution is -2.37. The number of thiazole rings is 1. The zero-order valence-corrected chi connectivity index (χ0v) is 13.3. The highest BCUT2D eigenvalue weighted by atomic mass is 35.5. The third-order valence-electron chi connectivity index (χ3n) is 3.87. The first kappa shape index (κ1) is 15.2. The molecule has 0 radical (unpaired) electrons. The predicted molar refractivity (Wildman–Crippen MR) is 80.9 cm³/mol. The molecule has 1 aromatic heterocycles. The molecule has 5 heteroatoms. The van der Waals surface area contributed by atoms with Crippen LogP contribution < -0.4 is 0 Å². The molecule has 0 N–H and O–H groups in total. The van der Waals surface area contributed by atoms with Gasteiger partial charge in [0.2, 0.25) is 0 Å². The molecule has 1 aliphatic rings. The van der Waals surface area contributed by atoms with E-state index in [1.165, 1.54) is 17.8 Å². The molecule has 1 aromatic rings. The molecule has 0 aliphatic carbocycles. The van der Waals surface area contributed by atoms with E-state index >= 15 is 0 Å². The number of piperidine rings is 1. The van der Waals surface area contributed by atoms with E-state index in [9.17, 15) is 0 Å². The van der Waals surface area contributed by atoms with Crippen LogP contribution in [-0.4, -0.2) is 36.7 Å². The van der Waals surface area contributed by atoms with Gasteiger partial charge in [-0.25, -0.2) is 4.98 Å². The molecular weight excluding hydrogens is 280 g/mol. The third kappa shape index (κ3) is 3.91. The van der Waals surface area contributed by atoms with Crippen molar-refractivity contribution < 1.29 is 4.74 Å². The van der Waals surface area contributed by atoms with Crippen molar-refractivity contribution in [1.29, 1.82) is 0 Å². The molecule has 3 nitrogen and oxygen atoms in total. The summed E-state index contributed by atoms with van der Waals surface area (Å²) in [7, 11) is 1.80. The monoisotopic (exact) mass is 302 g/mol. The van der Waals surface area contributed by atoms with Crippen LogP contribution in [0.25, 0.3) is 0 Å². The van der Waals surface area contributed by atoms with Gasteiger partial charge in [0.1, 0.15) is 5.01 Å². The molecule has 1 fully saturated rings. The Morgan fingerprint density at radius 3 is 2.79 bits per heavy atom. The molecule has 0 bridgehead atoms. The number of hydrogen-bond donors (Lipinski definition) is 0. The Kier molecular flexibility index (Phi) is 6.07. The van der Waals surface area contributed by atoms with E-state index in [4.69, 9.17) is 16.3 Å². The summed E-state index contributed by atoms with van der Waals surface area (Å²) in [5.41, 5.74) is 1.01. The number of aromatic nitrogens is 1. The maximum Gasteiger partial charge on any atom is 0.110 e. The zero-order chi connectivity index (χ0) is 13.7. The average molecular weight is 303 g/mol. The number of methoxy groups -OCH3 is 1. The van der Waals surface area contributed by atoms with Crippen LogP contribution in [-0.2, 0) is 10.6 Å². The normalized spacial score (nSPS) is 19.7. The topological polar surface area (TPSA) is 25.4 Å². The Labute approximate surface area is 124 Å². The summed E-state index contributed by atoms with van der Waals surface area (Å²) in [4.78, 5) is 7.22. The van der Waals surface area contributed by atoms with Crippen molar-refractivity contribution in [2.45, 2.75) is 38.1 Å². The number of likely N-dealkylation sites (tertiary alicyclic amines) is 1. The predicted octanol–water partition coefficient (Wildman–Crippen LogP) is 3.69. The minimum absolute atomic E-state index is 0.463. The summed E-state index contributed by atoms with van der Waals surface area (Å²) in [5, 5.41) is 3.31. The SMILES string of the molecule is CCC(c1nc(CCl)cs1)N1CCC(COC)CC1. The quantitative estimate of drug-likeness (QED) is 0.749. The summed E-state index contributed by atoms with van der Waals surface area (Å²) >= 11 is 7.59. The van der Waals surface area contributed by atoms with Crippen LogP contribution in [0.5, 0.6) is 0 Å². The smallest absolute Gasteiger partial charge is 0.110 e. The molecule has 1 saturated heterocycles. The van der Waals surface area contributed by atoms with Crippen LogP contribution in [0.15, 0.2) is 5.38 Å². The third-order valence-corrected chi connectivity index (χ3v) is 5.14. The summed E-state index contributed by atoms with van der Waals surface area (Å²) in [6.45, 7) is 5.45. The van der Waals surface area contributed by atoms with Gasteiger partial charge < -0.3 is 4.74 Å². The summed E-state index contributed by atoms with van der Waals surface area (Å²) in [6.07, 6.45) is 3.58. The van der Waals surface area contributed by atoms with Gasteiger partial charge in [-0.2, -0.15) is 0 Å². The van der Waals surface area contributed by atoms with E-state index in [-0.39, 0.29) is 0 Å². The number of ether oxygens (including phenoxy) is 1. The van der Waals surface area contributed by atoms with Gasteiger partial charge in [0.15, 0.2) is 0 Å². The van der Waals surface area contributed by atoms with Crippen LogP contribution in [0.4, 0.5) is 0 Å². The summed E-state index contributed by atoms with van der Waals surface area (Å²) in [5.74, 6) is 1.25. The largest absolute Gasteiger partial charge is 0.384 e. The van der Waals surface area contributed by atoms with Gasteiger partial charge in [-0.15, -0.1) is 22.9 Å². The molecule has 1 atom stereocenters. The number of rotatable bonds is 6. The van der Waals surface area contributed by atoms with Gasteiger partial charge in [0.05, 0.1) is 17.6 Å². The average Bonchev–Trinajstić information content (AvgIpc) is 2.91. The minimum Gasteiger partial charge on any atom is -0.384 e. The molecule has 0 saturated carbocycles. The standard InChI is InChI=1S/C14H23ClN2OS/c1-3-13(14-16-12(8-15)10-19-14)17-6-4-11(5-7-17)9-18-2/h10-11,13H,3-9H2,1-2H3. The van der Waals surface area contributed by atoms with Crippen LogP contribution in [0.2, 0.25) is 0 Å². The molecule has 1 aliphatic heterocycles. The van der Waals surface area contributed by atoms with Gasteiger partial charge in [0.25, 0.3) is 0 Å². The Morgan fingerprint density at radius 2 is 2.26 bits per heavy atom. The Morgan fingerprint density at radius 1 is 1.53 bits per heavy atom. The highest BCUT2D eigenvalue weighted by Gasteiger charge is 2.26. The van der Waals surface area contributed by atoms with Gasteiger partial charge >= 0.3 is 0 Å². The van der Waals surface area contributed by atoms with Gasteiger partial charge in [-0.3, -0.25) is 4.90 Å². The lowest BCUT2D eigenvalue weighted by atomic mass is 9.96. The summed E-state index contributed by atoms with van der Waals surface area (Å²) < 4.78 is 5.26. The van der Waals surface area contributed by atoms with E-state index in [0.29, 0.717) is 11.9 Å². The Bertz CT molecular complexity index is 377. The molecule has 0 spiro atoms. The first-order chi connectivity index (χ1) is 9.28. The molecular formula is C14H23ClN2OS. The maximum atomic E-state index is 5.84. The van der Waals surface area contributed by atoms with Crippen molar-refractivity contribution in [3.05, 3.63) is 16.1 Å². The van der Waals surface area contributed by atoms with Gasteiger partial charge in [-0.1, -0.05) is 6.92 Å². The lowest BCUT2D eigenvalue weighted by molar-refractivity contribution is 0.0780. The van der Waals surface area contributed by atoms with E-state index < -0.39 is 0 Å². The number of halogens is 1. The zero-order valence-electron chi connectivity index (χ0n) is 11.8. The second kappa shape index (κ2) is 7.58. The second-order valence-corrected chi connectivity index (χ2v) is 6.33. The van der Waals surface area contributed by atoms with Crippen LogP contribution in [0.3, 0.4) is 0 Å². The van der Waals surface area contributed by atoms with E-state index in [1.54, 1.807) is 18.4 Å². The first-order valence-electron chi connectivity index (χ1n) is 7.01. The fraction of sp³-hybridized carbons (Fsp3) is 0.786. The Hall–Kier alpha value is -0.160. The van der Waals surface area contributed by atoms with Crippen molar-refractivity contribution in [2.75, 3.05) is 26.8 Å². The van der Waals surface area contributed by atoms with Crippen molar-refractivity contribution >= 4 is 22.9 Å². The van der Waals surface area contributed by atoms with Crippen molar-refractivity contribution in [3.8, 4) is 0 Å². The second-order valence-electron chi connectivity index (χ2n) is 5.17. The molecule has 108 valence electrons. The maximum absolute atomic E-state index is 5.84. The van der Waals surface area contributed by atoms with Gasteiger partial charge in [-0.05, 0) is 38.3 Å². The van der Waals surface area contributed by atoms with Crippen LogP contribution >= 0.6 is 22.9 Å². The van der Waals surface area contributed by atoms with Crippen molar-refractivity contribution in [2.24, 2.45) is 5.92 Å². The van der Waals surface area contributed by atoms with E-state index in [1.807, 2.05) is 0 Å². The fourth-order valence-electron chi connectivity index (χ4n) is 2.79. The fourth-order valence-corrected chi connectivity index (χ4v) is 4.06. The first-order valence-corrected chi connectivity index (χ1v) is 8.43. The Balaban J connectivity index is 1.95. The number of hydrogen-bond acceptors (Lipinski definition) is 4. The highest BCUT2D eigenvalue weighted by molar-refractivity contribution is 7.09. The number of nitrogens with zero attached hydrogens (tertiary/aromatic N) is 2. The summed E-state index contributed by atoms with van der Waals surface area (Å²) in [6, 6.07) is 0.463. The molecule has 2 rings (SSSR count). The lowest BCUT2D eigenvalue weighted by Gasteiger charge is -2.36. The van der Waals surface area contributed by atoms with E-state index in [0.717, 1.165) is 37.7 Å².